The highest BCUT2D eigenvalue weighted by atomic mass is 79.9. The molecule has 1 aromatic rings. The fourth-order valence-electron chi connectivity index (χ4n) is 1.32. The highest BCUT2D eigenvalue weighted by Gasteiger charge is 2.11. The molecule has 0 saturated heterocycles. The number of carbonyl (C=O) groups excluding carboxylic acids is 3. The second kappa shape index (κ2) is 9.47. The van der Waals surface area contributed by atoms with Crippen molar-refractivity contribution < 1.29 is 19.1 Å². The van der Waals surface area contributed by atoms with Crippen molar-refractivity contribution in [3.63, 3.8) is 0 Å². The average molecular weight is 389 g/mol. The number of esters is 1. The Balaban J connectivity index is 2.23. The maximum Gasteiger partial charge on any atom is 0.321 e. The van der Waals surface area contributed by atoms with Crippen molar-refractivity contribution in [3.8, 4) is 0 Å². The first-order valence-electron chi connectivity index (χ1n) is 6.51. The number of thioether (sulfide) groups is 1. The molecule has 120 valence electrons. The summed E-state index contributed by atoms with van der Waals surface area (Å²) in [4.78, 5) is 35.1. The molecule has 3 amide bonds. The molecule has 0 aliphatic carbocycles. The van der Waals surface area contributed by atoms with Crippen LogP contribution in [0, 0.1) is 0 Å². The lowest BCUT2D eigenvalue weighted by Crippen LogP contribution is -2.44. The van der Waals surface area contributed by atoms with Gasteiger partial charge in [-0.2, -0.15) is 0 Å². The smallest absolute Gasteiger partial charge is 0.321 e. The topological polar surface area (TPSA) is 84.5 Å². The molecule has 0 aromatic heterocycles. The predicted octanol–water partition coefficient (Wildman–Crippen LogP) is 2.32. The first-order valence-corrected chi connectivity index (χ1v) is 8.29. The zero-order valence-electron chi connectivity index (χ0n) is 12.2. The number of amides is 3. The van der Waals surface area contributed by atoms with E-state index in [9.17, 15) is 14.4 Å². The lowest BCUT2D eigenvalue weighted by Gasteiger charge is -2.09. The van der Waals surface area contributed by atoms with E-state index in [-0.39, 0.29) is 11.8 Å². The van der Waals surface area contributed by atoms with Gasteiger partial charge in [-0.3, -0.25) is 14.9 Å². The Kier molecular flexibility index (Phi) is 7.97. The molecule has 0 aliphatic heterocycles. The van der Waals surface area contributed by atoms with Crippen LogP contribution in [-0.4, -0.2) is 36.3 Å². The molecule has 6 nitrogen and oxygen atoms in total. The number of urea groups is 1. The van der Waals surface area contributed by atoms with Crippen molar-refractivity contribution >= 4 is 45.6 Å². The van der Waals surface area contributed by atoms with Gasteiger partial charge in [0.05, 0.1) is 5.75 Å². The third-order valence-corrected chi connectivity index (χ3v) is 3.72. The number of carbonyl (C=O) groups is 3. The summed E-state index contributed by atoms with van der Waals surface area (Å²) in [5.41, 5.74) is 0. The van der Waals surface area contributed by atoms with Crippen molar-refractivity contribution in [2.75, 3.05) is 12.4 Å². The van der Waals surface area contributed by atoms with E-state index in [1.165, 1.54) is 11.8 Å². The summed E-state index contributed by atoms with van der Waals surface area (Å²) in [6, 6.07) is 6.77. The molecule has 8 heteroatoms. The summed E-state index contributed by atoms with van der Waals surface area (Å²) in [5, 5.41) is 4.56. The number of ether oxygens (including phenoxy) is 1. The standard InChI is InChI=1S/C14H17BrN2O4S/c1-9(2)16-14(20)17-12(18)7-21-13(19)8-22-11-5-3-10(15)4-6-11/h3-6,9H,7-8H2,1-2H3,(H2,16,17,18,20). The minimum atomic E-state index is -0.667. The van der Waals surface area contributed by atoms with Crippen molar-refractivity contribution in [1.82, 2.24) is 10.6 Å². The molecule has 1 aromatic carbocycles. The van der Waals surface area contributed by atoms with Crippen LogP contribution < -0.4 is 10.6 Å². The largest absolute Gasteiger partial charge is 0.455 e. The number of benzene rings is 1. The molecule has 0 unspecified atom stereocenters. The van der Waals surface area contributed by atoms with Crippen LogP contribution in [0.25, 0.3) is 0 Å². The molecule has 0 aliphatic rings. The SMILES string of the molecule is CC(C)NC(=O)NC(=O)COC(=O)CSc1ccc(Br)cc1. The molecular formula is C14H17BrN2O4S. The molecule has 0 fully saturated rings. The van der Waals surface area contributed by atoms with Crippen molar-refractivity contribution in [2.24, 2.45) is 0 Å². The van der Waals surface area contributed by atoms with Gasteiger partial charge in [0.15, 0.2) is 6.61 Å². The Morgan fingerprint density at radius 1 is 1.23 bits per heavy atom. The average Bonchev–Trinajstić information content (AvgIpc) is 2.43. The van der Waals surface area contributed by atoms with Crippen molar-refractivity contribution in [3.05, 3.63) is 28.7 Å². The van der Waals surface area contributed by atoms with Gasteiger partial charge in [-0.1, -0.05) is 15.9 Å². The monoisotopic (exact) mass is 388 g/mol. The molecule has 0 spiro atoms. The molecule has 0 atom stereocenters. The number of hydrogen-bond acceptors (Lipinski definition) is 5. The number of halogens is 1. The van der Waals surface area contributed by atoms with Gasteiger partial charge in [-0.05, 0) is 38.1 Å². The van der Waals surface area contributed by atoms with Crippen LogP contribution in [0.2, 0.25) is 0 Å². The quantitative estimate of drug-likeness (QED) is 0.576. The van der Waals surface area contributed by atoms with Gasteiger partial charge < -0.3 is 10.1 Å². The number of nitrogens with one attached hydrogen (secondary N) is 2. The van der Waals surface area contributed by atoms with Crippen LogP contribution in [-0.2, 0) is 14.3 Å². The summed E-state index contributed by atoms with van der Waals surface area (Å²) >= 11 is 4.63. The Hall–Kier alpha value is -1.54. The van der Waals surface area contributed by atoms with Crippen molar-refractivity contribution in [2.45, 2.75) is 24.8 Å². The number of rotatable bonds is 6. The van der Waals surface area contributed by atoms with Crippen LogP contribution >= 0.6 is 27.7 Å². The summed E-state index contributed by atoms with van der Waals surface area (Å²) in [7, 11) is 0. The number of hydrogen-bond donors (Lipinski definition) is 2. The first kappa shape index (κ1) is 18.5. The van der Waals surface area contributed by atoms with E-state index in [1.807, 2.05) is 24.3 Å². The molecule has 0 saturated carbocycles. The molecule has 2 N–H and O–H groups in total. The lowest BCUT2D eigenvalue weighted by atomic mass is 10.4. The highest BCUT2D eigenvalue weighted by molar-refractivity contribution is 9.10. The Morgan fingerprint density at radius 2 is 1.86 bits per heavy atom. The fourth-order valence-corrected chi connectivity index (χ4v) is 2.28. The summed E-state index contributed by atoms with van der Waals surface area (Å²) in [5.74, 6) is -1.10. The zero-order chi connectivity index (χ0) is 16.5. The van der Waals surface area contributed by atoms with Gasteiger partial charge in [0.2, 0.25) is 0 Å². The summed E-state index contributed by atoms with van der Waals surface area (Å²) in [6.45, 7) is 3.05. The van der Waals surface area contributed by atoms with E-state index in [2.05, 4.69) is 26.6 Å². The van der Waals surface area contributed by atoms with Crippen LogP contribution in [0.4, 0.5) is 4.79 Å². The molecule has 22 heavy (non-hydrogen) atoms. The van der Waals surface area contributed by atoms with Crippen LogP contribution in [0.5, 0.6) is 0 Å². The van der Waals surface area contributed by atoms with E-state index >= 15 is 0 Å². The first-order chi connectivity index (χ1) is 10.4. The molecule has 1 rings (SSSR count). The van der Waals surface area contributed by atoms with Gasteiger partial charge in [-0.25, -0.2) is 4.79 Å². The van der Waals surface area contributed by atoms with Crippen molar-refractivity contribution in [1.29, 1.82) is 0 Å². The fraction of sp³-hybridized carbons (Fsp3) is 0.357. The predicted molar refractivity (Wildman–Crippen MR) is 87.6 cm³/mol. The summed E-state index contributed by atoms with van der Waals surface area (Å²) < 4.78 is 5.75. The van der Waals surface area contributed by atoms with Gasteiger partial charge >= 0.3 is 12.0 Å². The van der Waals surface area contributed by atoms with E-state index in [0.29, 0.717) is 0 Å². The second-order valence-corrected chi connectivity index (χ2v) is 6.54. The van der Waals surface area contributed by atoms with Crippen LogP contribution in [0.3, 0.4) is 0 Å². The Labute approximate surface area is 141 Å². The highest BCUT2D eigenvalue weighted by Crippen LogP contribution is 2.20. The summed E-state index contributed by atoms with van der Waals surface area (Å²) in [6.07, 6.45) is 0. The zero-order valence-corrected chi connectivity index (χ0v) is 14.6. The normalized spacial score (nSPS) is 10.2. The maximum atomic E-state index is 11.5. The van der Waals surface area contributed by atoms with Crippen LogP contribution in [0.15, 0.2) is 33.6 Å². The van der Waals surface area contributed by atoms with Gasteiger partial charge in [-0.15, -0.1) is 11.8 Å². The maximum absolute atomic E-state index is 11.5. The van der Waals surface area contributed by atoms with E-state index < -0.39 is 24.5 Å². The lowest BCUT2D eigenvalue weighted by molar-refractivity contribution is -0.145. The Morgan fingerprint density at radius 3 is 2.45 bits per heavy atom. The number of imide groups is 1. The molecule has 0 heterocycles. The van der Waals surface area contributed by atoms with Gasteiger partial charge in [0.1, 0.15) is 0 Å². The second-order valence-electron chi connectivity index (χ2n) is 4.58. The van der Waals surface area contributed by atoms with E-state index in [4.69, 9.17) is 4.74 Å². The molecule has 0 bridgehead atoms. The van der Waals surface area contributed by atoms with Gasteiger partial charge in [0, 0.05) is 15.4 Å². The van der Waals surface area contributed by atoms with E-state index in [0.717, 1.165) is 9.37 Å². The third-order valence-electron chi connectivity index (χ3n) is 2.21. The minimum Gasteiger partial charge on any atom is -0.455 e. The van der Waals surface area contributed by atoms with Gasteiger partial charge in [0.25, 0.3) is 5.91 Å². The third kappa shape index (κ3) is 8.04. The van der Waals surface area contributed by atoms with Crippen LogP contribution in [0.1, 0.15) is 13.8 Å². The Bertz CT molecular complexity index is 534. The van der Waals surface area contributed by atoms with E-state index in [1.54, 1.807) is 13.8 Å². The minimum absolute atomic E-state index is 0.0855. The molecule has 0 radical (unpaired) electrons. The molecular weight excluding hydrogens is 372 g/mol.